The predicted octanol–water partition coefficient (Wildman–Crippen LogP) is 7.82. The summed E-state index contributed by atoms with van der Waals surface area (Å²) in [5, 5.41) is 0.801. The average molecular weight is 710 g/mol. The summed E-state index contributed by atoms with van der Waals surface area (Å²) in [6.45, 7) is 3.77. The van der Waals surface area contributed by atoms with Crippen LogP contribution >= 0.6 is 48.8 Å². The van der Waals surface area contributed by atoms with Gasteiger partial charge in [0.25, 0.3) is 0 Å². The number of hydrogen-bond donors (Lipinski definition) is 1. The Morgan fingerprint density at radius 1 is 0.957 bits per heavy atom. The maximum absolute atomic E-state index is 12.3. The highest BCUT2D eigenvalue weighted by molar-refractivity contribution is 6.30. The Labute approximate surface area is 296 Å². The van der Waals surface area contributed by atoms with Gasteiger partial charge in [0.15, 0.2) is 0 Å². The third-order valence-corrected chi connectivity index (χ3v) is 9.33. The van der Waals surface area contributed by atoms with E-state index in [0.29, 0.717) is 13.0 Å². The number of carbonyl (C=O) groups excluding carboxylic acids is 1. The molecular formula is C36H45Cl4N3O3. The van der Waals surface area contributed by atoms with Gasteiger partial charge in [0, 0.05) is 36.4 Å². The molecule has 1 atom stereocenters. The lowest BCUT2D eigenvalue weighted by Gasteiger charge is -2.30. The summed E-state index contributed by atoms with van der Waals surface area (Å²) in [6.07, 6.45) is 11.7. The maximum atomic E-state index is 12.3. The number of aryl methyl sites for hydroxylation is 2. The number of pyridine rings is 1. The summed E-state index contributed by atoms with van der Waals surface area (Å²) >= 11 is 6.38. The molecule has 2 N–H and O–H groups in total. The monoisotopic (exact) mass is 707 g/mol. The number of piperidine rings is 1. The molecule has 2 aliphatic carbocycles. The average Bonchev–Trinajstić information content (AvgIpc) is 3.48. The minimum atomic E-state index is -0.630. The second kappa shape index (κ2) is 18.3. The van der Waals surface area contributed by atoms with Gasteiger partial charge in [-0.05, 0) is 117 Å². The van der Waals surface area contributed by atoms with Crippen molar-refractivity contribution in [1.29, 1.82) is 0 Å². The van der Waals surface area contributed by atoms with Crippen molar-refractivity contribution in [2.45, 2.75) is 76.4 Å². The van der Waals surface area contributed by atoms with Gasteiger partial charge in [-0.15, -0.1) is 37.2 Å². The molecule has 250 valence electrons. The Kier molecular flexibility index (Phi) is 15.2. The first kappa shape index (κ1) is 38.1. The molecule has 0 amide bonds. The zero-order valence-corrected chi connectivity index (χ0v) is 29.3. The molecule has 1 saturated heterocycles. The van der Waals surface area contributed by atoms with Crippen molar-refractivity contribution >= 4 is 60.4 Å². The number of carbonyl (C=O) groups is 1. The number of esters is 1. The van der Waals surface area contributed by atoms with Crippen LogP contribution in [0.1, 0.15) is 72.9 Å². The summed E-state index contributed by atoms with van der Waals surface area (Å²) in [7, 11) is 0. The number of aromatic nitrogens is 1. The molecular weight excluding hydrogens is 664 g/mol. The first-order chi connectivity index (χ1) is 21.0. The molecule has 6 rings (SSSR count). The topological polar surface area (TPSA) is 77.7 Å². The Morgan fingerprint density at radius 3 is 2.41 bits per heavy atom. The summed E-state index contributed by atoms with van der Waals surface area (Å²) in [5.41, 5.74) is 15.1. The van der Waals surface area contributed by atoms with Gasteiger partial charge < -0.3 is 20.1 Å². The molecule has 10 heteroatoms. The Balaban J connectivity index is 0.00000192. The van der Waals surface area contributed by atoms with Crippen LogP contribution in [-0.2, 0) is 28.8 Å². The second-order valence-corrected chi connectivity index (χ2v) is 12.6. The van der Waals surface area contributed by atoms with E-state index in [9.17, 15) is 4.79 Å². The van der Waals surface area contributed by atoms with Crippen LogP contribution in [0, 0.1) is 0 Å². The number of likely N-dealkylation sites (tertiary alicyclic amines) is 1. The van der Waals surface area contributed by atoms with E-state index in [-0.39, 0.29) is 49.3 Å². The first-order valence-corrected chi connectivity index (χ1v) is 16.3. The van der Waals surface area contributed by atoms with E-state index < -0.39 is 6.04 Å². The minimum Gasteiger partial charge on any atom is -0.494 e. The van der Waals surface area contributed by atoms with Crippen molar-refractivity contribution in [1.82, 2.24) is 9.88 Å². The number of hydrogen-bond acceptors (Lipinski definition) is 6. The van der Waals surface area contributed by atoms with E-state index in [1.807, 2.05) is 36.5 Å². The Bertz CT molecular complexity index is 1450. The number of rotatable bonds is 9. The molecule has 2 heterocycles. The van der Waals surface area contributed by atoms with Gasteiger partial charge >= 0.3 is 5.97 Å². The van der Waals surface area contributed by atoms with Crippen molar-refractivity contribution < 1.29 is 14.3 Å². The molecule has 0 radical (unpaired) electrons. The lowest BCUT2D eigenvalue weighted by molar-refractivity contribution is -0.150. The largest absolute Gasteiger partial charge is 0.494 e. The molecule has 3 aliphatic rings. The van der Waals surface area contributed by atoms with Crippen LogP contribution in [0.25, 0.3) is 5.57 Å². The molecule has 1 saturated carbocycles. The number of ether oxygens (including phenoxy) is 2. The molecule has 2 fully saturated rings. The molecule has 3 aromatic rings. The highest BCUT2D eigenvalue weighted by Crippen LogP contribution is 2.38. The van der Waals surface area contributed by atoms with E-state index in [1.165, 1.54) is 27.8 Å². The van der Waals surface area contributed by atoms with E-state index in [1.54, 1.807) is 0 Å². The summed E-state index contributed by atoms with van der Waals surface area (Å²) in [6, 6.07) is 17.9. The molecule has 0 spiro atoms. The fourth-order valence-electron chi connectivity index (χ4n) is 6.72. The highest BCUT2D eigenvalue weighted by Gasteiger charge is 2.26. The molecule has 1 aromatic heterocycles. The summed E-state index contributed by atoms with van der Waals surface area (Å²) in [4.78, 5) is 19.7. The van der Waals surface area contributed by atoms with Crippen molar-refractivity contribution in [2.75, 3.05) is 26.2 Å². The molecule has 46 heavy (non-hydrogen) atoms. The SMILES string of the molecule is Cl.Cl.Cl.N[C@@H](Cc1ccc(OCCCN2CCC(=C3c4ccc(Cl)cc4CCc4cccnc43)CC2)cc1)C(=O)OC1CCCC1. The van der Waals surface area contributed by atoms with Crippen LogP contribution in [0.15, 0.2) is 66.4 Å². The lowest BCUT2D eigenvalue weighted by atomic mass is 9.88. The standard InChI is InChI=1S/C36H42ClN3O3.3ClH/c37-29-12-15-32-28(24-29)11-10-27-5-3-18-39-35(27)34(32)26-16-20-40(21-17-26)19-4-22-42-30-13-8-25(9-14-30)23-33(38)36(41)43-31-6-1-2-7-31;;;/h3,5,8-9,12-15,18,24,31,33H,1-2,4,6-7,10-11,16-17,19-23,38H2;3*1H/t33-;;;/m0.../s1. The van der Waals surface area contributed by atoms with Crippen molar-refractivity contribution in [3.63, 3.8) is 0 Å². The first-order valence-electron chi connectivity index (χ1n) is 15.9. The van der Waals surface area contributed by atoms with Crippen molar-refractivity contribution in [3.05, 3.63) is 99.3 Å². The smallest absolute Gasteiger partial charge is 0.323 e. The van der Waals surface area contributed by atoms with Crippen molar-refractivity contribution in [2.24, 2.45) is 5.73 Å². The number of benzene rings is 2. The van der Waals surface area contributed by atoms with Crippen LogP contribution in [0.5, 0.6) is 5.75 Å². The highest BCUT2D eigenvalue weighted by atomic mass is 35.5. The minimum absolute atomic E-state index is 0. The zero-order valence-electron chi connectivity index (χ0n) is 26.1. The van der Waals surface area contributed by atoms with Crippen LogP contribution in [0.4, 0.5) is 0 Å². The van der Waals surface area contributed by atoms with Gasteiger partial charge in [0.1, 0.15) is 17.9 Å². The summed E-state index contributed by atoms with van der Waals surface area (Å²) < 4.78 is 11.6. The normalized spacial score (nSPS) is 16.9. The van der Waals surface area contributed by atoms with Crippen LogP contribution in [-0.4, -0.2) is 54.2 Å². The number of nitrogens with zero attached hydrogens (tertiary/aromatic N) is 2. The number of halogens is 4. The Morgan fingerprint density at radius 2 is 1.67 bits per heavy atom. The maximum Gasteiger partial charge on any atom is 0.323 e. The second-order valence-electron chi connectivity index (χ2n) is 12.1. The van der Waals surface area contributed by atoms with Crippen LogP contribution < -0.4 is 10.5 Å². The van der Waals surface area contributed by atoms with Gasteiger partial charge in [-0.1, -0.05) is 41.4 Å². The zero-order chi connectivity index (χ0) is 29.6. The van der Waals surface area contributed by atoms with E-state index in [0.717, 1.165) is 99.5 Å². The van der Waals surface area contributed by atoms with Gasteiger partial charge in [-0.2, -0.15) is 0 Å². The fraction of sp³-hybridized carbons (Fsp3) is 0.444. The van der Waals surface area contributed by atoms with Crippen LogP contribution in [0.2, 0.25) is 5.02 Å². The van der Waals surface area contributed by atoms with Crippen molar-refractivity contribution in [3.8, 4) is 5.75 Å². The van der Waals surface area contributed by atoms with Gasteiger partial charge in [0.05, 0.1) is 12.3 Å². The predicted molar refractivity (Wildman–Crippen MR) is 193 cm³/mol. The lowest BCUT2D eigenvalue weighted by Crippen LogP contribution is -2.36. The Hall–Kier alpha value is -2.32. The van der Waals surface area contributed by atoms with E-state index >= 15 is 0 Å². The van der Waals surface area contributed by atoms with Gasteiger partial charge in [-0.25, -0.2) is 0 Å². The summed E-state index contributed by atoms with van der Waals surface area (Å²) in [5.74, 6) is 0.550. The molecule has 6 nitrogen and oxygen atoms in total. The fourth-order valence-corrected chi connectivity index (χ4v) is 6.92. The number of fused-ring (bicyclic) bond motifs is 2. The molecule has 0 unspecified atom stereocenters. The molecule has 1 aliphatic heterocycles. The van der Waals surface area contributed by atoms with Gasteiger partial charge in [-0.3, -0.25) is 9.78 Å². The van der Waals surface area contributed by atoms with E-state index in [2.05, 4.69) is 29.2 Å². The quantitative estimate of drug-likeness (QED) is 0.181. The number of nitrogens with two attached hydrogens (primary N) is 1. The molecule has 2 aromatic carbocycles. The van der Waals surface area contributed by atoms with Gasteiger partial charge in [0.2, 0.25) is 0 Å². The van der Waals surface area contributed by atoms with E-state index in [4.69, 9.17) is 31.8 Å². The third kappa shape index (κ3) is 9.62. The van der Waals surface area contributed by atoms with Crippen LogP contribution in [0.3, 0.4) is 0 Å². The molecule has 0 bridgehead atoms. The third-order valence-electron chi connectivity index (χ3n) is 9.10.